The van der Waals surface area contributed by atoms with Gasteiger partial charge in [0.05, 0.1) is 0 Å². The van der Waals surface area contributed by atoms with Crippen molar-refractivity contribution >= 4 is 15.9 Å². The van der Waals surface area contributed by atoms with Crippen LogP contribution in [-0.4, -0.2) is 0 Å². The molecule has 18 heavy (non-hydrogen) atoms. The molecule has 2 aliphatic carbocycles. The molecule has 2 aliphatic rings. The van der Waals surface area contributed by atoms with Gasteiger partial charge in [0.25, 0.3) is 0 Å². The fourth-order valence-electron chi connectivity index (χ4n) is 3.39. The predicted molar refractivity (Wildman–Crippen MR) is 81.3 cm³/mol. The maximum Gasteiger partial charge on any atom is 0.0423 e. The highest BCUT2D eigenvalue weighted by Gasteiger charge is 2.26. The van der Waals surface area contributed by atoms with Gasteiger partial charge < -0.3 is 0 Å². The van der Waals surface area contributed by atoms with Crippen molar-refractivity contribution in [3.63, 3.8) is 0 Å². The van der Waals surface area contributed by atoms with Gasteiger partial charge in [-0.25, -0.2) is 0 Å². The van der Waals surface area contributed by atoms with E-state index in [1.54, 1.807) is 5.56 Å². The van der Waals surface area contributed by atoms with Crippen LogP contribution in [0.1, 0.15) is 73.2 Å². The van der Waals surface area contributed by atoms with Crippen molar-refractivity contribution in [2.75, 3.05) is 0 Å². The Hall–Kier alpha value is -0.300. The molecule has 0 spiro atoms. The second-order valence-corrected chi connectivity index (χ2v) is 7.08. The Morgan fingerprint density at radius 2 is 1.50 bits per heavy atom. The number of halogens is 1. The molecule has 1 atom stereocenters. The smallest absolute Gasteiger partial charge is 0.0423 e. The fourth-order valence-corrected chi connectivity index (χ4v) is 4.23. The monoisotopic (exact) mass is 306 g/mol. The van der Waals surface area contributed by atoms with Gasteiger partial charge in [-0.3, -0.25) is 0 Å². The van der Waals surface area contributed by atoms with Crippen LogP contribution in [0, 0.1) is 5.92 Å². The van der Waals surface area contributed by atoms with Crippen molar-refractivity contribution in [2.45, 2.75) is 62.1 Å². The van der Waals surface area contributed by atoms with Crippen LogP contribution in [0.15, 0.2) is 24.3 Å². The van der Waals surface area contributed by atoms with Crippen LogP contribution in [0.5, 0.6) is 0 Å². The highest BCUT2D eigenvalue weighted by Crippen LogP contribution is 2.43. The third-order valence-corrected chi connectivity index (χ3v) is 6.17. The van der Waals surface area contributed by atoms with E-state index in [0.717, 1.165) is 11.8 Å². The Labute approximate surface area is 119 Å². The minimum absolute atomic E-state index is 0.589. The molecule has 0 aromatic heterocycles. The molecule has 0 bridgehead atoms. The van der Waals surface area contributed by atoms with Gasteiger partial charge in [0.2, 0.25) is 0 Å². The summed E-state index contributed by atoms with van der Waals surface area (Å²) >= 11 is 3.88. The number of benzene rings is 1. The Morgan fingerprint density at radius 1 is 0.833 bits per heavy atom. The zero-order valence-corrected chi connectivity index (χ0v) is 12.7. The summed E-state index contributed by atoms with van der Waals surface area (Å²) in [6, 6.07) is 9.50. The van der Waals surface area contributed by atoms with Crippen LogP contribution in [-0.2, 0) is 0 Å². The molecular formula is C17H23Br. The highest BCUT2D eigenvalue weighted by molar-refractivity contribution is 9.09. The molecule has 0 heterocycles. The fraction of sp³-hybridized carbons (Fsp3) is 0.647. The molecule has 1 unspecified atom stereocenters. The van der Waals surface area contributed by atoms with Gasteiger partial charge >= 0.3 is 0 Å². The number of alkyl halides is 1. The molecule has 1 aromatic carbocycles. The SMILES string of the molecule is BrC(c1ccc(C2CCCCC2)cc1)C1CCC1. The maximum atomic E-state index is 3.88. The standard InChI is InChI=1S/C17H23Br/c18-17(15-7-4-8-15)16-11-9-14(10-12-16)13-5-2-1-3-6-13/h9-13,15,17H,1-8H2. The lowest BCUT2D eigenvalue weighted by molar-refractivity contribution is 0.312. The van der Waals surface area contributed by atoms with Crippen molar-refractivity contribution in [3.8, 4) is 0 Å². The summed E-state index contributed by atoms with van der Waals surface area (Å²) in [6.07, 6.45) is 11.3. The number of hydrogen-bond acceptors (Lipinski definition) is 0. The van der Waals surface area contributed by atoms with Crippen LogP contribution in [0.3, 0.4) is 0 Å². The summed E-state index contributed by atoms with van der Waals surface area (Å²) in [5.41, 5.74) is 3.06. The maximum absolute atomic E-state index is 3.88. The van der Waals surface area contributed by atoms with Crippen molar-refractivity contribution in [2.24, 2.45) is 5.92 Å². The van der Waals surface area contributed by atoms with Crippen molar-refractivity contribution in [1.29, 1.82) is 0 Å². The van der Waals surface area contributed by atoms with Crippen LogP contribution < -0.4 is 0 Å². The summed E-state index contributed by atoms with van der Waals surface area (Å²) in [4.78, 5) is 0.589. The van der Waals surface area contributed by atoms with Crippen LogP contribution >= 0.6 is 15.9 Å². The van der Waals surface area contributed by atoms with Gasteiger partial charge in [-0.05, 0) is 48.6 Å². The van der Waals surface area contributed by atoms with Gasteiger partial charge in [-0.2, -0.15) is 0 Å². The van der Waals surface area contributed by atoms with E-state index >= 15 is 0 Å². The van der Waals surface area contributed by atoms with E-state index in [2.05, 4.69) is 40.2 Å². The van der Waals surface area contributed by atoms with E-state index in [0.29, 0.717) is 4.83 Å². The second kappa shape index (κ2) is 5.77. The van der Waals surface area contributed by atoms with Crippen molar-refractivity contribution in [3.05, 3.63) is 35.4 Å². The third kappa shape index (κ3) is 2.66. The summed E-state index contributed by atoms with van der Waals surface area (Å²) in [5, 5.41) is 0. The van der Waals surface area contributed by atoms with Gasteiger partial charge in [0.1, 0.15) is 0 Å². The van der Waals surface area contributed by atoms with E-state index in [4.69, 9.17) is 0 Å². The van der Waals surface area contributed by atoms with Crippen molar-refractivity contribution < 1.29 is 0 Å². The van der Waals surface area contributed by atoms with Gasteiger partial charge in [0.15, 0.2) is 0 Å². The van der Waals surface area contributed by atoms with E-state index in [1.165, 1.54) is 56.9 Å². The molecular weight excluding hydrogens is 284 g/mol. The van der Waals surface area contributed by atoms with E-state index in [9.17, 15) is 0 Å². The molecule has 0 nitrogen and oxygen atoms in total. The quantitative estimate of drug-likeness (QED) is 0.603. The molecule has 0 aliphatic heterocycles. The van der Waals surface area contributed by atoms with E-state index < -0.39 is 0 Å². The van der Waals surface area contributed by atoms with Crippen LogP contribution in [0.4, 0.5) is 0 Å². The lowest BCUT2D eigenvalue weighted by Gasteiger charge is -2.30. The number of rotatable bonds is 3. The Balaban J connectivity index is 1.67. The molecule has 3 rings (SSSR count). The largest absolute Gasteiger partial charge is 0.0836 e. The first-order valence-corrected chi connectivity index (χ1v) is 8.50. The third-order valence-electron chi connectivity index (χ3n) is 4.90. The zero-order valence-electron chi connectivity index (χ0n) is 11.1. The molecule has 2 saturated carbocycles. The summed E-state index contributed by atoms with van der Waals surface area (Å²) < 4.78 is 0. The average Bonchev–Trinajstić information content (AvgIpc) is 2.38. The molecule has 0 amide bonds. The summed E-state index contributed by atoms with van der Waals surface area (Å²) in [5.74, 6) is 1.72. The van der Waals surface area contributed by atoms with Gasteiger partial charge in [0, 0.05) is 4.83 Å². The molecule has 1 aromatic rings. The number of hydrogen-bond donors (Lipinski definition) is 0. The van der Waals surface area contributed by atoms with E-state index in [1.807, 2.05) is 0 Å². The molecule has 0 N–H and O–H groups in total. The Kier molecular flexibility index (Phi) is 4.08. The minimum Gasteiger partial charge on any atom is -0.0836 e. The molecule has 0 saturated heterocycles. The lowest BCUT2D eigenvalue weighted by atomic mass is 9.80. The molecule has 2 fully saturated rings. The zero-order chi connectivity index (χ0) is 12.4. The van der Waals surface area contributed by atoms with E-state index in [-0.39, 0.29) is 0 Å². The lowest BCUT2D eigenvalue weighted by Crippen LogP contribution is -2.16. The molecule has 0 radical (unpaired) electrons. The molecule has 1 heteroatoms. The van der Waals surface area contributed by atoms with Crippen molar-refractivity contribution in [1.82, 2.24) is 0 Å². The summed E-state index contributed by atoms with van der Waals surface area (Å²) in [6.45, 7) is 0. The normalized spacial score (nSPS) is 23.6. The van der Waals surface area contributed by atoms with Crippen LogP contribution in [0.25, 0.3) is 0 Å². The van der Waals surface area contributed by atoms with Gasteiger partial charge in [-0.1, -0.05) is 65.9 Å². The Morgan fingerprint density at radius 3 is 2.06 bits per heavy atom. The molecule has 98 valence electrons. The minimum atomic E-state index is 0.589. The van der Waals surface area contributed by atoms with Crippen LogP contribution in [0.2, 0.25) is 0 Å². The highest BCUT2D eigenvalue weighted by atomic mass is 79.9. The topological polar surface area (TPSA) is 0 Å². The average molecular weight is 307 g/mol. The first kappa shape index (κ1) is 12.7. The summed E-state index contributed by atoms with van der Waals surface area (Å²) in [7, 11) is 0. The Bertz CT molecular complexity index is 350. The first-order valence-electron chi connectivity index (χ1n) is 7.58. The van der Waals surface area contributed by atoms with Gasteiger partial charge in [-0.15, -0.1) is 0 Å². The predicted octanol–water partition coefficient (Wildman–Crippen LogP) is 5.97. The second-order valence-electron chi connectivity index (χ2n) is 6.09. The first-order chi connectivity index (χ1) is 8.84.